The lowest BCUT2D eigenvalue weighted by Crippen LogP contribution is -2.43. The van der Waals surface area contributed by atoms with E-state index in [1.807, 2.05) is 24.0 Å². The lowest BCUT2D eigenvalue weighted by molar-refractivity contribution is -0.126. The second-order valence-corrected chi connectivity index (χ2v) is 8.76. The van der Waals surface area contributed by atoms with Crippen LogP contribution < -0.4 is 5.32 Å². The summed E-state index contributed by atoms with van der Waals surface area (Å²) in [6, 6.07) is 4.21. The van der Waals surface area contributed by atoms with Gasteiger partial charge in [-0.3, -0.25) is 14.7 Å². The van der Waals surface area contributed by atoms with Crippen molar-refractivity contribution in [1.82, 2.24) is 20.2 Å². The number of nitrogens with one attached hydrogen (secondary N) is 1. The summed E-state index contributed by atoms with van der Waals surface area (Å²) in [5.74, 6) is 0.847. The molecule has 3 heterocycles. The van der Waals surface area contributed by atoms with E-state index in [9.17, 15) is 4.79 Å². The SMILES string of the molecule is O=C(N[C@@H](c1nccs1)[C@H]1CCCN(Cc2ccncc2)C1)C1CCCC1. The number of aromatic nitrogens is 2. The van der Waals surface area contributed by atoms with E-state index in [-0.39, 0.29) is 17.9 Å². The molecule has 144 valence electrons. The van der Waals surface area contributed by atoms with Crippen molar-refractivity contribution in [1.29, 1.82) is 0 Å². The highest BCUT2D eigenvalue weighted by molar-refractivity contribution is 7.09. The maximum atomic E-state index is 12.8. The maximum Gasteiger partial charge on any atom is 0.223 e. The third-order valence-electron chi connectivity index (χ3n) is 5.91. The Kier molecular flexibility index (Phi) is 6.14. The van der Waals surface area contributed by atoms with Gasteiger partial charge in [0.05, 0.1) is 6.04 Å². The molecular formula is C21H28N4OS. The first-order valence-corrected chi connectivity index (χ1v) is 11.0. The Morgan fingerprint density at radius 2 is 2.00 bits per heavy atom. The zero-order valence-electron chi connectivity index (χ0n) is 15.7. The Balaban J connectivity index is 1.45. The summed E-state index contributed by atoms with van der Waals surface area (Å²) in [5, 5.41) is 6.46. The average molecular weight is 385 g/mol. The molecule has 1 saturated heterocycles. The highest BCUT2D eigenvalue weighted by atomic mass is 32.1. The van der Waals surface area contributed by atoms with Crippen LogP contribution in [0.4, 0.5) is 0 Å². The molecule has 4 rings (SSSR count). The summed E-state index contributed by atoms with van der Waals surface area (Å²) in [6.07, 6.45) is 12.3. The van der Waals surface area contributed by atoms with Crippen molar-refractivity contribution in [3.63, 3.8) is 0 Å². The second-order valence-electron chi connectivity index (χ2n) is 7.83. The van der Waals surface area contributed by atoms with E-state index in [2.05, 4.69) is 32.3 Å². The van der Waals surface area contributed by atoms with Crippen LogP contribution >= 0.6 is 11.3 Å². The van der Waals surface area contributed by atoms with Gasteiger partial charge in [0.2, 0.25) is 5.91 Å². The molecule has 6 heteroatoms. The number of amides is 1. The Morgan fingerprint density at radius 1 is 1.19 bits per heavy atom. The predicted octanol–water partition coefficient (Wildman–Crippen LogP) is 3.80. The van der Waals surface area contributed by atoms with Gasteiger partial charge in [-0.1, -0.05) is 12.8 Å². The van der Waals surface area contributed by atoms with Gasteiger partial charge < -0.3 is 5.32 Å². The summed E-state index contributed by atoms with van der Waals surface area (Å²) in [5.41, 5.74) is 1.30. The Bertz CT molecular complexity index is 715. The van der Waals surface area contributed by atoms with Crippen molar-refractivity contribution < 1.29 is 4.79 Å². The van der Waals surface area contributed by atoms with Crippen LogP contribution in [0.3, 0.4) is 0 Å². The second kappa shape index (κ2) is 8.93. The first kappa shape index (κ1) is 18.6. The van der Waals surface area contributed by atoms with E-state index in [1.165, 1.54) is 18.4 Å². The van der Waals surface area contributed by atoms with Crippen molar-refractivity contribution >= 4 is 17.2 Å². The van der Waals surface area contributed by atoms with Gasteiger partial charge in [0.1, 0.15) is 5.01 Å². The molecule has 2 aromatic heterocycles. The molecule has 0 unspecified atom stereocenters. The summed E-state index contributed by atoms with van der Waals surface area (Å²) >= 11 is 1.66. The standard InChI is InChI=1S/C21H28N4OS/c26-20(17-4-1-2-5-17)24-19(21-23-11-13-27-21)18-6-3-12-25(15-18)14-16-7-9-22-10-8-16/h7-11,13,17-19H,1-6,12,14-15H2,(H,24,26)/t18-,19+/m0/s1. The van der Waals surface area contributed by atoms with Gasteiger partial charge in [0.15, 0.2) is 0 Å². The van der Waals surface area contributed by atoms with Crippen LogP contribution in [0.1, 0.15) is 55.1 Å². The average Bonchev–Trinajstić information content (AvgIpc) is 3.41. The number of hydrogen-bond donors (Lipinski definition) is 1. The van der Waals surface area contributed by atoms with E-state index in [0.717, 1.165) is 50.3 Å². The number of likely N-dealkylation sites (tertiary alicyclic amines) is 1. The smallest absolute Gasteiger partial charge is 0.223 e. The molecule has 1 aliphatic heterocycles. The molecule has 1 saturated carbocycles. The molecule has 2 atom stereocenters. The fourth-order valence-corrected chi connectivity index (χ4v) is 5.26. The van der Waals surface area contributed by atoms with E-state index in [0.29, 0.717) is 5.92 Å². The zero-order chi connectivity index (χ0) is 18.5. The van der Waals surface area contributed by atoms with E-state index < -0.39 is 0 Å². The van der Waals surface area contributed by atoms with Crippen molar-refractivity contribution in [3.05, 3.63) is 46.7 Å². The molecular weight excluding hydrogens is 356 g/mol. The van der Waals surface area contributed by atoms with Gasteiger partial charge in [-0.15, -0.1) is 11.3 Å². The molecule has 0 radical (unpaired) electrons. The largest absolute Gasteiger partial charge is 0.346 e. The molecule has 2 aromatic rings. The highest BCUT2D eigenvalue weighted by Crippen LogP contribution is 2.33. The summed E-state index contributed by atoms with van der Waals surface area (Å²) in [4.78, 5) is 24.0. The van der Waals surface area contributed by atoms with Gasteiger partial charge >= 0.3 is 0 Å². The summed E-state index contributed by atoms with van der Waals surface area (Å²) < 4.78 is 0. The molecule has 0 aromatic carbocycles. The lowest BCUT2D eigenvalue weighted by Gasteiger charge is -2.37. The minimum absolute atomic E-state index is 0.0401. The Labute approximate surface area is 165 Å². The number of carbonyl (C=O) groups excluding carboxylic acids is 1. The number of hydrogen-bond acceptors (Lipinski definition) is 5. The minimum Gasteiger partial charge on any atom is -0.346 e. The highest BCUT2D eigenvalue weighted by Gasteiger charge is 2.33. The van der Waals surface area contributed by atoms with Gasteiger partial charge in [0, 0.05) is 43.0 Å². The molecule has 0 bridgehead atoms. The normalized spacial score (nSPS) is 22.6. The zero-order valence-corrected chi connectivity index (χ0v) is 16.5. The van der Waals surface area contributed by atoms with Crippen LogP contribution in [0.25, 0.3) is 0 Å². The monoisotopic (exact) mass is 384 g/mol. The Morgan fingerprint density at radius 3 is 2.74 bits per heavy atom. The van der Waals surface area contributed by atoms with Crippen molar-refractivity contribution in [2.45, 2.75) is 51.1 Å². The number of nitrogens with zero attached hydrogens (tertiary/aromatic N) is 3. The number of pyridine rings is 1. The fourth-order valence-electron chi connectivity index (χ4n) is 4.48. The van der Waals surface area contributed by atoms with Crippen LogP contribution in [0.5, 0.6) is 0 Å². The van der Waals surface area contributed by atoms with E-state index >= 15 is 0 Å². The molecule has 1 aliphatic carbocycles. The maximum absolute atomic E-state index is 12.8. The van der Waals surface area contributed by atoms with Gasteiger partial charge in [-0.25, -0.2) is 4.98 Å². The van der Waals surface area contributed by atoms with Crippen LogP contribution in [0, 0.1) is 11.8 Å². The predicted molar refractivity (Wildman–Crippen MR) is 107 cm³/mol. The van der Waals surface area contributed by atoms with Gasteiger partial charge in [-0.05, 0) is 55.8 Å². The minimum atomic E-state index is 0.0401. The first-order valence-electron chi connectivity index (χ1n) is 10.1. The van der Waals surface area contributed by atoms with Crippen molar-refractivity contribution in [2.75, 3.05) is 13.1 Å². The number of piperidine rings is 1. The summed E-state index contributed by atoms with van der Waals surface area (Å²) in [6.45, 7) is 3.05. The Hall–Kier alpha value is -1.79. The van der Waals surface area contributed by atoms with Crippen molar-refractivity contribution in [3.8, 4) is 0 Å². The van der Waals surface area contributed by atoms with Gasteiger partial charge in [0.25, 0.3) is 0 Å². The van der Waals surface area contributed by atoms with Crippen LogP contribution in [0.2, 0.25) is 0 Å². The molecule has 1 amide bonds. The molecule has 5 nitrogen and oxygen atoms in total. The van der Waals surface area contributed by atoms with E-state index in [1.54, 1.807) is 11.3 Å². The molecule has 0 spiro atoms. The number of thiazole rings is 1. The quantitative estimate of drug-likeness (QED) is 0.823. The molecule has 1 N–H and O–H groups in total. The number of rotatable bonds is 6. The molecule has 2 fully saturated rings. The lowest BCUT2D eigenvalue weighted by atomic mass is 9.90. The first-order chi connectivity index (χ1) is 13.3. The van der Waals surface area contributed by atoms with Crippen LogP contribution in [-0.2, 0) is 11.3 Å². The van der Waals surface area contributed by atoms with E-state index in [4.69, 9.17) is 0 Å². The summed E-state index contributed by atoms with van der Waals surface area (Å²) in [7, 11) is 0. The fraction of sp³-hybridized carbons (Fsp3) is 0.571. The topological polar surface area (TPSA) is 58.1 Å². The van der Waals surface area contributed by atoms with Crippen LogP contribution in [0.15, 0.2) is 36.1 Å². The van der Waals surface area contributed by atoms with Crippen molar-refractivity contribution in [2.24, 2.45) is 11.8 Å². The third-order valence-corrected chi connectivity index (χ3v) is 6.77. The van der Waals surface area contributed by atoms with Gasteiger partial charge in [-0.2, -0.15) is 0 Å². The van der Waals surface area contributed by atoms with Crippen LogP contribution in [-0.4, -0.2) is 33.9 Å². The molecule has 2 aliphatic rings. The third kappa shape index (κ3) is 4.74. The number of carbonyl (C=O) groups is 1. The molecule has 27 heavy (non-hydrogen) atoms.